The van der Waals surface area contributed by atoms with Crippen molar-refractivity contribution >= 4 is 0 Å². The Labute approximate surface area is 148 Å². The van der Waals surface area contributed by atoms with E-state index in [2.05, 4.69) is 47.4 Å². The fraction of sp³-hybridized carbons (Fsp3) is 0.455. The molecular formula is C22H25NO2. The van der Waals surface area contributed by atoms with Gasteiger partial charge in [-0.15, -0.1) is 0 Å². The van der Waals surface area contributed by atoms with Crippen molar-refractivity contribution in [2.45, 2.75) is 38.0 Å². The van der Waals surface area contributed by atoms with E-state index in [4.69, 9.17) is 0 Å². The van der Waals surface area contributed by atoms with Crippen molar-refractivity contribution in [3.63, 3.8) is 0 Å². The van der Waals surface area contributed by atoms with Gasteiger partial charge in [0.15, 0.2) is 0 Å². The molecular weight excluding hydrogens is 310 g/mol. The van der Waals surface area contributed by atoms with Crippen molar-refractivity contribution in [2.75, 3.05) is 13.1 Å². The minimum atomic E-state index is -0.528. The number of hydrogen-bond donors (Lipinski definition) is 2. The van der Waals surface area contributed by atoms with Gasteiger partial charge in [-0.2, -0.15) is 0 Å². The Morgan fingerprint density at radius 1 is 0.840 bits per heavy atom. The summed E-state index contributed by atoms with van der Waals surface area (Å²) in [5, 5.41) is 19.8. The van der Waals surface area contributed by atoms with E-state index in [0.29, 0.717) is 11.8 Å². The Kier molecular flexibility index (Phi) is 3.70. The Balaban J connectivity index is 1.31. The zero-order valence-corrected chi connectivity index (χ0v) is 14.4. The lowest BCUT2D eigenvalue weighted by Gasteiger charge is -2.32. The maximum atomic E-state index is 9.92. The topological polar surface area (TPSA) is 43.7 Å². The zero-order chi connectivity index (χ0) is 17.0. The standard InChI is InChI=1S/C22H25NO2/c24-21-9-17-12-23(13-18(17)10-22(21)25)11-14-5-6-20-16(7-14)8-15-3-1-2-4-19(15)20/h1-7,17-18,21-22,24-25H,8-13H2/t17-,18+,21+,22-. The summed E-state index contributed by atoms with van der Waals surface area (Å²) in [4.78, 5) is 2.50. The molecule has 3 heteroatoms. The predicted molar refractivity (Wildman–Crippen MR) is 98.2 cm³/mol. The van der Waals surface area contributed by atoms with Crippen molar-refractivity contribution in [3.05, 3.63) is 59.2 Å². The van der Waals surface area contributed by atoms with Crippen molar-refractivity contribution in [1.29, 1.82) is 0 Å². The third-order valence-corrected chi connectivity index (χ3v) is 6.45. The van der Waals surface area contributed by atoms with Crippen LogP contribution in [0.3, 0.4) is 0 Å². The van der Waals surface area contributed by atoms with Crippen molar-refractivity contribution in [3.8, 4) is 11.1 Å². The van der Waals surface area contributed by atoms with Crippen LogP contribution in [0.5, 0.6) is 0 Å². The average molecular weight is 335 g/mol. The Hall–Kier alpha value is -1.68. The third kappa shape index (κ3) is 2.71. The fourth-order valence-electron chi connectivity index (χ4n) is 5.19. The molecule has 2 N–H and O–H groups in total. The quantitative estimate of drug-likeness (QED) is 0.757. The molecule has 2 aromatic carbocycles. The van der Waals surface area contributed by atoms with E-state index in [1.54, 1.807) is 0 Å². The number of aliphatic hydroxyl groups excluding tert-OH is 2. The zero-order valence-electron chi connectivity index (χ0n) is 14.4. The SMILES string of the molecule is O[C@@H]1C[C@H]2CN(Cc3ccc4c(c3)Cc3ccccc3-4)C[C@H]2C[C@@H]1O. The van der Waals surface area contributed by atoms with Crippen LogP contribution in [-0.4, -0.2) is 40.4 Å². The first-order valence-corrected chi connectivity index (χ1v) is 9.46. The summed E-state index contributed by atoms with van der Waals surface area (Å²) in [5.41, 5.74) is 7.04. The molecule has 0 radical (unpaired) electrons. The summed E-state index contributed by atoms with van der Waals surface area (Å²) in [6.45, 7) is 3.07. The highest BCUT2D eigenvalue weighted by Crippen LogP contribution is 2.39. The van der Waals surface area contributed by atoms with Crippen LogP contribution in [0.25, 0.3) is 11.1 Å². The summed E-state index contributed by atoms with van der Waals surface area (Å²) in [5.74, 6) is 1.08. The molecule has 2 aliphatic carbocycles. The lowest BCUT2D eigenvalue weighted by atomic mass is 9.79. The normalized spacial score (nSPS) is 30.8. The molecule has 4 atom stereocenters. The van der Waals surface area contributed by atoms with Gasteiger partial charge < -0.3 is 10.2 Å². The summed E-state index contributed by atoms with van der Waals surface area (Å²) in [6, 6.07) is 15.6. The number of aliphatic hydroxyl groups is 2. The second-order valence-corrected chi connectivity index (χ2v) is 8.15. The summed E-state index contributed by atoms with van der Waals surface area (Å²) in [7, 11) is 0. The highest BCUT2D eigenvalue weighted by atomic mass is 16.3. The first-order valence-electron chi connectivity index (χ1n) is 9.46. The molecule has 0 bridgehead atoms. The fourth-order valence-corrected chi connectivity index (χ4v) is 5.19. The maximum Gasteiger partial charge on any atom is 0.0802 e. The highest BCUT2D eigenvalue weighted by molar-refractivity contribution is 5.76. The van der Waals surface area contributed by atoms with E-state index < -0.39 is 12.2 Å². The third-order valence-electron chi connectivity index (χ3n) is 6.45. The van der Waals surface area contributed by atoms with E-state index in [-0.39, 0.29) is 0 Å². The average Bonchev–Trinajstić information content (AvgIpc) is 3.15. The highest BCUT2D eigenvalue weighted by Gasteiger charge is 2.40. The van der Waals surface area contributed by atoms with Crippen molar-refractivity contribution in [1.82, 2.24) is 4.90 Å². The van der Waals surface area contributed by atoms with Crippen LogP contribution in [-0.2, 0) is 13.0 Å². The Morgan fingerprint density at radius 2 is 1.52 bits per heavy atom. The van der Waals surface area contributed by atoms with Crippen LogP contribution in [0.15, 0.2) is 42.5 Å². The molecule has 1 saturated heterocycles. The molecule has 25 heavy (non-hydrogen) atoms. The van der Waals surface area contributed by atoms with Crippen molar-refractivity contribution in [2.24, 2.45) is 11.8 Å². The number of hydrogen-bond acceptors (Lipinski definition) is 3. The molecule has 0 amide bonds. The van der Waals surface area contributed by atoms with Gasteiger partial charge in [-0.05, 0) is 58.9 Å². The Bertz CT molecular complexity index is 784. The van der Waals surface area contributed by atoms with Gasteiger partial charge in [0.2, 0.25) is 0 Å². The number of benzene rings is 2. The summed E-state index contributed by atoms with van der Waals surface area (Å²) >= 11 is 0. The lowest BCUT2D eigenvalue weighted by Crippen LogP contribution is -2.38. The van der Waals surface area contributed by atoms with Gasteiger partial charge >= 0.3 is 0 Å². The molecule has 1 aliphatic heterocycles. The van der Waals surface area contributed by atoms with Gasteiger partial charge in [0.25, 0.3) is 0 Å². The largest absolute Gasteiger partial charge is 0.390 e. The van der Waals surface area contributed by atoms with E-state index in [0.717, 1.165) is 38.9 Å². The van der Waals surface area contributed by atoms with Crippen LogP contribution >= 0.6 is 0 Å². The molecule has 1 heterocycles. The molecule has 1 saturated carbocycles. The van der Waals surface area contributed by atoms with E-state index in [1.807, 2.05) is 0 Å². The molecule has 3 aliphatic rings. The predicted octanol–water partition coefficient (Wildman–Crippen LogP) is 2.82. The molecule has 0 spiro atoms. The number of likely N-dealkylation sites (tertiary alicyclic amines) is 1. The van der Waals surface area contributed by atoms with Gasteiger partial charge in [0, 0.05) is 19.6 Å². The molecule has 2 aromatic rings. The van der Waals surface area contributed by atoms with Gasteiger partial charge in [-0.25, -0.2) is 0 Å². The first-order chi connectivity index (χ1) is 12.2. The molecule has 130 valence electrons. The van der Waals surface area contributed by atoms with Crippen molar-refractivity contribution < 1.29 is 10.2 Å². The van der Waals surface area contributed by atoms with Crippen LogP contribution in [0, 0.1) is 11.8 Å². The van der Waals surface area contributed by atoms with Crippen LogP contribution in [0.2, 0.25) is 0 Å². The Morgan fingerprint density at radius 3 is 2.28 bits per heavy atom. The lowest BCUT2D eigenvalue weighted by molar-refractivity contribution is -0.0372. The molecule has 0 aromatic heterocycles. The molecule has 2 fully saturated rings. The van der Waals surface area contributed by atoms with Gasteiger partial charge in [0.1, 0.15) is 0 Å². The number of nitrogens with zero attached hydrogens (tertiary/aromatic N) is 1. The molecule has 5 rings (SSSR count). The van der Waals surface area contributed by atoms with Gasteiger partial charge in [-0.1, -0.05) is 42.5 Å². The summed E-state index contributed by atoms with van der Waals surface area (Å²) in [6.07, 6.45) is 1.49. The molecule has 3 nitrogen and oxygen atoms in total. The van der Waals surface area contributed by atoms with Crippen LogP contribution in [0.1, 0.15) is 29.5 Å². The first kappa shape index (κ1) is 15.6. The van der Waals surface area contributed by atoms with E-state index in [9.17, 15) is 10.2 Å². The van der Waals surface area contributed by atoms with E-state index in [1.165, 1.54) is 27.8 Å². The van der Waals surface area contributed by atoms with Gasteiger partial charge in [-0.3, -0.25) is 4.90 Å². The monoisotopic (exact) mass is 335 g/mol. The minimum absolute atomic E-state index is 0.528. The second kappa shape index (κ2) is 5.94. The number of fused-ring (bicyclic) bond motifs is 4. The van der Waals surface area contributed by atoms with Crippen LogP contribution < -0.4 is 0 Å². The summed E-state index contributed by atoms with van der Waals surface area (Å²) < 4.78 is 0. The van der Waals surface area contributed by atoms with E-state index >= 15 is 0 Å². The maximum absolute atomic E-state index is 9.92. The smallest absolute Gasteiger partial charge is 0.0802 e. The van der Waals surface area contributed by atoms with Crippen LogP contribution in [0.4, 0.5) is 0 Å². The molecule has 0 unspecified atom stereocenters. The number of rotatable bonds is 2. The second-order valence-electron chi connectivity index (χ2n) is 8.15. The minimum Gasteiger partial charge on any atom is -0.390 e. The van der Waals surface area contributed by atoms with Gasteiger partial charge in [0.05, 0.1) is 12.2 Å².